The first-order valence-electron chi connectivity index (χ1n) is 11.9. The van der Waals surface area contributed by atoms with Crippen LogP contribution in [0.5, 0.6) is 5.75 Å². The van der Waals surface area contributed by atoms with Gasteiger partial charge in [-0.3, -0.25) is 14.4 Å². The summed E-state index contributed by atoms with van der Waals surface area (Å²) in [5, 5.41) is 2.99. The number of rotatable bonds is 9. The third-order valence-electron chi connectivity index (χ3n) is 5.68. The van der Waals surface area contributed by atoms with E-state index in [0.717, 1.165) is 10.5 Å². The molecule has 1 heterocycles. The Balaban J connectivity index is 1.40. The minimum atomic E-state index is -0.484. The number of anilines is 1. The Morgan fingerprint density at radius 1 is 1.03 bits per heavy atom. The van der Waals surface area contributed by atoms with Crippen molar-refractivity contribution in [2.24, 2.45) is 0 Å². The SMILES string of the molecule is CC(=O)NCCOC(=O)c1ccc(COc2ccccc2/C=C2\CC(=O)N(c3cccc(Cl)c3)C2=O)cc1. The van der Waals surface area contributed by atoms with Crippen molar-refractivity contribution in [2.45, 2.75) is 20.0 Å². The van der Waals surface area contributed by atoms with Gasteiger partial charge in [0.2, 0.25) is 11.8 Å². The Bertz CT molecular complexity index is 1400. The lowest BCUT2D eigenvalue weighted by Crippen LogP contribution is -2.28. The molecule has 4 rings (SSSR count). The fourth-order valence-electron chi connectivity index (χ4n) is 3.83. The minimum absolute atomic E-state index is 0.0257. The smallest absolute Gasteiger partial charge is 0.338 e. The molecule has 3 aromatic rings. The molecule has 1 aliphatic heterocycles. The molecule has 0 saturated carbocycles. The second-order valence-corrected chi connectivity index (χ2v) is 8.94. The number of hydrogen-bond acceptors (Lipinski definition) is 6. The van der Waals surface area contributed by atoms with Gasteiger partial charge in [-0.25, -0.2) is 9.69 Å². The molecule has 38 heavy (non-hydrogen) atoms. The van der Waals surface area contributed by atoms with Gasteiger partial charge in [-0.05, 0) is 48.0 Å². The Hall–Kier alpha value is -4.43. The van der Waals surface area contributed by atoms with Crippen LogP contribution in [0.3, 0.4) is 0 Å². The molecule has 0 aromatic heterocycles. The van der Waals surface area contributed by atoms with Crippen LogP contribution in [-0.4, -0.2) is 36.8 Å². The first kappa shape index (κ1) is 26.6. The van der Waals surface area contributed by atoms with Gasteiger partial charge >= 0.3 is 5.97 Å². The molecule has 9 heteroatoms. The maximum Gasteiger partial charge on any atom is 0.338 e. The fourth-order valence-corrected chi connectivity index (χ4v) is 4.02. The average Bonchev–Trinajstić information content (AvgIpc) is 3.18. The first-order valence-corrected chi connectivity index (χ1v) is 12.3. The summed E-state index contributed by atoms with van der Waals surface area (Å²) in [4.78, 5) is 49.8. The van der Waals surface area contributed by atoms with E-state index in [4.69, 9.17) is 21.1 Å². The van der Waals surface area contributed by atoms with Gasteiger partial charge in [0.05, 0.1) is 24.2 Å². The molecule has 1 aliphatic rings. The molecule has 0 atom stereocenters. The summed E-state index contributed by atoms with van der Waals surface area (Å²) in [6.45, 7) is 1.95. The minimum Gasteiger partial charge on any atom is -0.488 e. The monoisotopic (exact) mass is 532 g/mol. The van der Waals surface area contributed by atoms with Crippen molar-refractivity contribution < 1.29 is 28.7 Å². The number of ether oxygens (including phenoxy) is 2. The molecule has 194 valence electrons. The fraction of sp³-hybridized carbons (Fsp3) is 0.172. The molecule has 0 aliphatic carbocycles. The summed E-state index contributed by atoms with van der Waals surface area (Å²) in [7, 11) is 0. The zero-order valence-corrected chi connectivity index (χ0v) is 21.4. The van der Waals surface area contributed by atoms with Crippen molar-refractivity contribution in [1.29, 1.82) is 0 Å². The summed E-state index contributed by atoms with van der Waals surface area (Å²) in [6, 6.07) is 20.6. The number of imide groups is 1. The van der Waals surface area contributed by atoms with Gasteiger partial charge in [0.25, 0.3) is 5.91 Å². The Morgan fingerprint density at radius 3 is 2.53 bits per heavy atom. The van der Waals surface area contributed by atoms with E-state index in [1.54, 1.807) is 60.7 Å². The highest BCUT2D eigenvalue weighted by molar-refractivity contribution is 6.32. The number of benzene rings is 3. The first-order chi connectivity index (χ1) is 18.3. The third kappa shape index (κ3) is 6.66. The maximum absolute atomic E-state index is 13.0. The molecule has 0 radical (unpaired) electrons. The van der Waals surface area contributed by atoms with E-state index in [9.17, 15) is 19.2 Å². The molecule has 0 unspecified atom stereocenters. The van der Waals surface area contributed by atoms with Crippen LogP contribution in [0.25, 0.3) is 6.08 Å². The van der Waals surface area contributed by atoms with E-state index in [1.807, 2.05) is 18.2 Å². The lowest BCUT2D eigenvalue weighted by Gasteiger charge is -2.13. The van der Waals surface area contributed by atoms with E-state index in [1.165, 1.54) is 6.92 Å². The molecule has 3 amide bonds. The summed E-state index contributed by atoms with van der Waals surface area (Å²) >= 11 is 6.03. The van der Waals surface area contributed by atoms with Gasteiger partial charge in [-0.15, -0.1) is 0 Å². The zero-order valence-electron chi connectivity index (χ0n) is 20.6. The highest BCUT2D eigenvalue weighted by Crippen LogP contribution is 2.31. The molecule has 1 saturated heterocycles. The van der Waals surface area contributed by atoms with E-state index < -0.39 is 11.9 Å². The van der Waals surface area contributed by atoms with E-state index >= 15 is 0 Å². The third-order valence-corrected chi connectivity index (χ3v) is 5.91. The maximum atomic E-state index is 13.0. The van der Waals surface area contributed by atoms with Crippen LogP contribution in [0.15, 0.2) is 78.4 Å². The van der Waals surface area contributed by atoms with Crippen molar-refractivity contribution in [2.75, 3.05) is 18.1 Å². The van der Waals surface area contributed by atoms with Gasteiger partial charge < -0.3 is 14.8 Å². The van der Waals surface area contributed by atoms with Gasteiger partial charge in [0.1, 0.15) is 19.0 Å². The summed E-state index contributed by atoms with van der Waals surface area (Å²) in [6.07, 6.45) is 1.64. The largest absolute Gasteiger partial charge is 0.488 e. The molecular weight excluding hydrogens is 508 g/mol. The molecule has 1 fully saturated rings. The van der Waals surface area contributed by atoms with Crippen molar-refractivity contribution in [3.05, 3.63) is 100 Å². The number of halogens is 1. The van der Waals surface area contributed by atoms with Gasteiger partial charge in [-0.2, -0.15) is 0 Å². The molecule has 1 N–H and O–H groups in total. The Kier molecular flexibility index (Phi) is 8.55. The molecule has 3 aromatic carbocycles. The number of carbonyl (C=O) groups excluding carboxylic acids is 4. The predicted molar refractivity (Wildman–Crippen MR) is 143 cm³/mol. The van der Waals surface area contributed by atoms with Crippen molar-refractivity contribution in [3.8, 4) is 5.75 Å². The number of nitrogens with one attached hydrogen (secondary N) is 1. The summed E-state index contributed by atoms with van der Waals surface area (Å²) in [5.41, 5.74) is 2.65. The number of nitrogens with zero attached hydrogens (tertiary/aromatic N) is 1. The van der Waals surface area contributed by atoms with Crippen LogP contribution in [0.2, 0.25) is 5.02 Å². The number of amides is 3. The number of carbonyl (C=O) groups is 4. The molecule has 0 spiro atoms. The topological polar surface area (TPSA) is 102 Å². The molecular formula is C29H25ClN2O6. The number of hydrogen-bond donors (Lipinski definition) is 1. The standard InChI is InChI=1S/C29H25ClN2O6/c1-19(33)31-13-14-37-29(36)21-11-9-20(10-12-21)18-38-26-8-3-2-5-22(26)15-23-16-27(34)32(28(23)35)25-7-4-6-24(30)17-25/h2-12,15,17H,13-14,16,18H2,1H3,(H,31,33)/b23-15+. The number of esters is 1. The van der Waals surface area contributed by atoms with Crippen LogP contribution < -0.4 is 15.0 Å². The second kappa shape index (κ2) is 12.2. The van der Waals surface area contributed by atoms with Crippen LogP contribution in [0, 0.1) is 0 Å². The average molecular weight is 533 g/mol. The second-order valence-electron chi connectivity index (χ2n) is 8.50. The van der Waals surface area contributed by atoms with Crippen LogP contribution in [-0.2, 0) is 25.7 Å². The number of para-hydroxylation sites is 1. The lowest BCUT2D eigenvalue weighted by molar-refractivity contribution is -0.121. The van der Waals surface area contributed by atoms with Crippen LogP contribution in [0.1, 0.15) is 34.8 Å². The van der Waals surface area contributed by atoms with Crippen LogP contribution >= 0.6 is 11.6 Å². The van der Waals surface area contributed by atoms with Gasteiger partial charge in [0, 0.05) is 23.1 Å². The zero-order chi connectivity index (χ0) is 27.1. The normalized spacial score (nSPS) is 14.1. The molecule has 0 bridgehead atoms. The van der Waals surface area contributed by atoms with Gasteiger partial charge in [-0.1, -0.05) is 48.0 Å². The van der Waals surface area contributed by atoms with E-state index in [2.05, 4.69) is 5.32 Å². The summed E-state index contributed by atoms with van der Waals surface area (Å²) < 4.78 is 11.1. The van der Waals surface area contributed by atoms with E-state index in [-0.39, 0.29) is 38.0 Å². The Morgan fingerprint density at radius 2 is 1.79 bits per heavy atom. The van der Waals surface area contributed by atoms with Crippen molar-refractivity contribution >= 4 is 47.1 Å². The Labute approximate surface area is 224 Å². The quantitative estimate of drug-likeness (QED) is 0.188. The molecule has 8 nitrogen and oxygen atoms in total. The summed E-state index contributed by atoms with van der Waals surface area (Å²) in [5.74, 6) is -0.849. The van der Waals surface area contributed by atoms with Crippen molar-refractivity contribution in [3.63, 3.8) is 0 Å². The van der Waals surface area contributed by atoms with Crippen LogP contribution in [0.4, 0.5) is 5.69 Å². The highest BCUT2D eigenvalue weighted by atomic mass is 35.5. The van der Waals surface area contributed by atoms with E-state index in [0.29, 0.717) is 33.2 Å². The van der Waals surface area contributed by atoms with Crippen molar-refractivity contribution in [1.82, 2.24) is 5.32 Å². The lowest BCUT2D eigenvalue weighted by atomic mass is 10.1. The van der Waals surface area contributed by atoms with Gasteiger partial charge in [0.15, 0.2) is 0 Å². The predicted octanol–water partition coefficient (Wildman–Crippen LogP) is 4.56. The highest BCUT2D eigenvalue weighted by Gasteiger charge is 2.35.